The van der Waals surface area contributed by atoms with Crippen molar-refractivity contribution in [2.24, 2.45) is 0 Å². The normalized spacial score (nSPS) is 12.5. The minimum atomic E-state index is -0.122. The van der Waals surface area contributed by atoms with E-state index in [1.54, 1.807) is 31.1 Å². The molecule has 0 radical (unpaired) electrons. The van der Waals surface area contributed by atoms with Crippen molar-refractivity contribution in [3.8, 4) is 5.69 Å². The molecule has 3 aromatic rings. The number of benzene rings is 2. The lowest BCUT2D eigenvalue weighted by molar-refractivity contribution is 0.0777. The topological polar surface area (TPSA) is 67.2 Å². The van der Waals surface area contributed by atoms with Crippen molar-refractivity contribution in [3.63, 3.8) is 0 Å². The number of carbonyl (C=O) groups is 2. The van der Waals surface area contributed by atoms with Crippen molar-refractivity contribution >= 4 is 11.8 Å². The Hall–Kier alpha value is -3.41. The van der Waals surface area contributed by atoms with Crippen LogP contribution in [0.15, 0.2) is 54.6 Å². The van der Waals surface area contributed by atoms with Gasteiger partial charge in [-0.3, -0.25) is 9.59 Å². The maximum atomic E-state index is 13.2. The van der Waals surface area contributed by atoms with Gasteiger partial charge in [-0.1, -0.05) is 30.3 Å². The second kappa shape index (κ2) is 7.91. The van der Waals surface area contributed by atoms with Crippen molar-refractivity contribution in [2.45, 2.75) is 25.8 Å². The fourth-order valence-corrected chi connectivity index (χ4v) is 3.82. The van der Waals surface area contributed by atoms with E-state index in [4.69, 9.17) is 0 Å². The number of nitrogens with zero attached hydrogens (tertiary/aromatic N) is 3. The highest BCUT2D eigenvalue weighted by Gasteiger charge is 2.28. The lowest BCUT2D eigenvalue weighted by Gasteiger charge is -2.17. The fourth-order valence-electron chi connectivity index (χ4n) is 3.82. The summed E-state index contributed by atoms with van der Waals surface area (Å²) >= 11 is 0. The molecule has 6 nitrogen and oxygen atoms in total. The Morgan fingerprint density at radius 1 is 1.07 bits per heavy atom. The molecule has 0 saturated carbocycles. The summed E-state index contributed by atoms with van der Waals surface area (Å²) in [5.41, 5.74) is 5.31. The van der Waals surface area contributed by atoms with Crippen LogP contribution in [0.5, 0.6) is 0 Å². The van der Waals surface area contributed by atoms with Gasteiger partial charge in [-0.2, -0.15) is 5.10 Å². The quantitative estimate of drug-likeness (QED) is 0.731. The Bertz CT molecular complexity index is 1040. The summed E-state index contributed by atoms with van der Waals surface area (Å²) < 4.78 is 1.92. The Morgan fingerprint density at radius 2 is 1.79 bits per heavy atom. The first-order valence-electron chi connectivity index (χ1n) is 9.81. The Labute approximate surface area is 170 Å². The molecule has 148 valence electrons. The molecule has 2 amide bonds. The zero-order valence-corrected chi connectivity index (χ0v) is 16.7. The highest BCUT2D eigenvalue weighted by molar-refractivity contribution is 5.95. The Morgan fingerprint density at radius 3 is 2.48 bits per heavy atom. The number of hydrogen-bond donors (Lipinski definition) is 1. The maximum absolute atomic E-state index is 13.2. The summed E-state index contributed by atoms with van der Waals surface area (Å²) in [6.07, 6.45) is 2.87. The van der Waals surface area contributed by atoms with Crippen LogP contribution in [-0.2, 0) is 19.4 Å². The van der Waals surface area contributed by atoms with Gasteiger partial charge in [0.25, 0.3) is 11.8 Å². The molecule has 1 N–H and O–H groups in total. The van der Waals surface area contributed by atoms with Crippen LogP contribution in [0.25, 0.3) is 5.69 Å². The van der Waals surface area contributed by atoms with E-state index >= 15 is 0 Å². The summed E-state index contributed by atoms with van der Waals surface area (Å²) in [6.45, 7) is 0.458. The van der Waals surface area contributed by atoms with Crippen molar-refractivity contribution in [2.75, 3.05) is 14.1 Å². The van der Waals surface area contributed by atoms with Crippen LogP contribution in [-0.4, -0.2) is 40.6 Å². The second-order valence-corrected chi connectivity index (χ2v) is 7.31. The van der Waals surface area contributed by atoms with Crippen LogP contribution in [0.3, 0.4) is 0 Å². The van der Waals surface area contributed by atoms with Crippen LogP contribution >= 0.6 is 0 Å². The van der Waals surface area contributed by atoms with Crippen LogP contribution in [0.2, 0.25) is 0 Å². The summed E-state index contributed by atoms with van der Waals surface area (Å²) in [5, 5.41) is 7.29. The first-order valence-corrected chi connectivity index (χ1v) is 9.81. The van der Waals surface area contributed by atoms with E-state index in [1.807, 2.05) is 47.1 Å². The van der Waals surface area contributed by atoms with E-state index < -0.39 is 0 Å². The molecule has 0 saturated heterocycles. The second-order valence-electron chi connectivity index (χ2n) is 7.31. The minimum Gasteiger partial charge on any atom is -0.355 e. The zero-order chi connectivity index (χ0) is 20.4. The van der Waals surface area contributed by atoms with Crippen molar-refractivity contribution in [1.82, 2.24) is 20.0 Å². The van der Waals surface area contributed by atoms with E-state index in [1.165, 1.54) is 0 Å². The van der Waals surface area contributed by atoms with Crippen LogP contribution in [0.1, 0.15) is 44.1 Å². The van der Waals surface area contributed by atoms with E-state index in [9.17, 15) is 9.59 Å². The number of nitrogens with one attached hydrogen (secondary N) is 1. The molecular formula is C23H24N4O2. The maximum Gasteiger partial charge on any atom is 0.274 e. The van der Waals surface area contributed by atoms with E-state index in [0.717, 1.165) is 41.8 Å². The molecule has 1 aliphatic carbocycles. The van der Waals surface area contributed by atoms with Gasteiger partial charge in [0.05, 0.1) is 5.69 Å². The van der Waals surface area contributed by atoms with Gasteiger partial charge in [0, 0.05) is 37.5 Å². The zero-order valence-electron chi connectivity index (χ0n) is 16.7. The van der Waals surface area contributed by atoms with E-state index in [-0.39, 0.29) is 11.8 Å². The molecule has 29 heavy (non-hydrogen) atoms. The molecule has 0 fully saturated rings. The van der Waals surface area contributed by atoms with Crippen LogP contribution in [0, 0.1) is 0 Å². The summed E-state index contributed by atoms with van der Waals surface area (Å²) in [4.78, 5) is 26.5. The molecule has 1 heterocycles. The summed E-state index contributed by atoms with van der Waals surface area (Å²) in [7, 11) is 3.40. The predicted octanol–water partition coefficient (Wildman–Crippen LogP) is 2.99. The SMILES string of the molecule is CNC(=O)c1ccc(CN(C)C(=O)c2nn(-c3ccccc3)c3c2CCC3)cc1. The number of amides is 2. The summed E-state index contributed by atoms with van der Waals surface area (Å²) in [6, 6.07) is 17.3. The average molecular weight is 388 g/mol. The Balaban J connectivity index is 1.56. The summed E-state index contributed by atoms with van der Waals surface area (Å²) in [5.74, 6) is -0.198. The smallest absolute Gasteiger partial charge is 0.274 e. The van der Waals surface area contributed by atoms with Crippen LogP contribution in [0.4, 0.5) is 0 Å². The van der Waals surface area contributed by atoms with E-state index in [0.29, 0.717) is 17.8 Å². The molecule has 0 unspecified atom stereocenters. The van der Waals surface area contributed by atoms with Gasteiger partial charge in [-0.25, -0.2) is 4.68 Å². The average Bonchev–Trinajstić information content (AvgIpc) is 3.36. The minimum absolute atomic E-state index is 0.0757. The lowest BCUT2D eigenvalue weighted by atomic mass is 10.1. The first-order chi connectivity index (χ1) is 14.1. The van der Waals surface area contributed by atoms with Crippen molar-refractivity contribution in [1.29, 1.82) is 0 Å². The van der Waals surface area contributed by atoms with Gasteiger partial charge in [0.15, 0.2) is 5.69 Å². The molecule has 0 spiro atoms. The highest BCUT2D eigenvalue weighted by atomic mass is 16.2. The standard InChI is InChI=1S/C23H24N4O2/c1-24-22(28)17-13-11-16(12-14-17)15-26(2)23(29)21-19-9-6-10-20(19)27(25-21)18-7-4-3-5-8-18/h3-5,7-8,11-14H,6,9-10,15H2,1-2H3,(H,24,28). The molecule has 1 aromatic heterocycles. The third-order valence-corrected chi connectivity index (χ3v) is 5.34. The van der Waals surface area contributed by atoms with Crippen molar-refractivity contribution < 1.29 is 9.59 Å². The molecule has 1 aliphatic rings. The third-order valence-electron chi connectivity index (χ3n) is 5.34. The van der Waals surface area contributed by atoms with Gasteiger partial charge >= 0.3 is 0 Å². The Kier molecular flexibility index (Phi) is 5.16. The van der Waals surface area contributed by atoms with Gasteiger partial charge in [0.1, 0.15) is 0 Å². The third kappa shape index (κ3) is 3.66. The number of hydrogen-bond acceptors (Lipinski definition) is 3. The first kappa shape index (κ1) is 18.9. The number of para-hydroxylation sites is 1. The largest absolute Gasteiger partial charge is 0.355 e. The van der Waals surface area contributed by atoms with Crippen LogP contribution < -0.4 is 5.32 Å². The monoisotopic (exact) mass is 388 g/mol. The predicted molar refractivity (Wildman–Crippen MR) is 111 cm³/mol. The molecule has 0 atom stereocenters. The van der Waals surface area contributed by atoms with Gasteiger partial charge in [-0.15, -0.1) is 0 Å². The molecule has 6 heteroatoms. The lowest BCUT2D eigenvalue weighted by Crippen LogP contribution is -2.27. The molecule has 0 aliphatic heterocycles. The number of carbonyl (C=O) groups excluding carboxylic acids is 2. The number of fused-ring (bicyclic) bond motifs is 1. The van der Waals surface area contributed by atoms with Gasteiger partial charge in [0.2, 0.25) is 0 Å². The molecular weight excluding hydrogens is 364 g/mol. The number of aromatic nitrogens is 2. The van der Waals surface area contributed by atoms with E-state index in [2.05, 4.69) is 10.4 Å². The van der Waals surface area contributed by atoms with Gasteiger partial charge in [-0.05, 0) is 49.1 Å². The molecule has 0 bridgehead atoms. The molecule has 4 rings (SSSR count). The van der Waals surface area contributed by atoms with Crippen molar-refractivity contribution in [3.05, 3.63) is 82.7 Å². The fraction of sp³-hybridized carbons (Fsp3) is 0.261. The number of rotatable bonds is 5. The molecule has 2 aromatic carbocycles. The highest BCUT2D eigenvalue weighted by Crippen LogP contribution is 2.28. The van der Waals surface area contributed by atoms with Gasteiger partial charge < -0.3 is 10.2 Å².